The molecule has 1 aromatic carbocycles. The molecule has 0 spiro atoms. The van der Waals surface area contributed by atoms with Crippen LogP contribution in [0, 0.1) is 13.8 Å². The molecule has 3 heterocycles. The summed E-state index contributed by atoms with van der Waals surface area (Å²) in [4.78, 5) is 33.0. The Kier molecular flexibility index (Phi) is 4.74. The Morgan fingerprint density at radius 3 is 2.75 bits per heavy atom. The second-order valence-corrected chi connectivity index (χ2v) is 7.19. The molecule has 0 saturated heterocycles. The number of aromatic amines is 1. The van der Waals surface area contributed by atoms with Crippen LogP contribution in [0.3, 0.4) is 0 Å². The van der Waals surface area contributed by atoms with E-state index in [4.69, 9.17) is 4.52 Å². The second kappa shape index (κ2) is 7.35. The number of nitrogens with zero attached hydrogens (tertiary/aromatic N) is 3. The second-order valence-electron chi connectivity index (χ2n) is 6.24. The van der Waals surface area contributed by atoms with Gasteiger partial charge in [0.2, 0.25) is 5.91 Å². The molecule has 9 heteroatoms. The van der Waals surface area contributed by atoms with Gasteiger partial charge >= 0.3 is 0 Å². The molecule has 0 saturated carbocycles. The molecule has 4 aromatic rings. The number of fused-ring (bicyclic) bond motifs is 1. The molecule has 4 rings (SSSR count). The van der Waals surface area contributed by atoms with Crippen LogP contribution in [0.25, 0.3) is 16.7 Å². The molecule has 0 bridgehead atoms. The van der Waals surface area contributed by atoms with Gasteiger partial charge in [-0.15, -0.1) is 0 Å². The topological polar surface area (TPSA) is 106 Å². The van der Waals surface area contributed by atoms with E-state index in [2.05, 4.69) is 20.4 Å². The first-order chi connectivity index (χ1) is 13.5. The Morgan fingerprint density at radius 1 is 1.25 bits per heavy atom. The zero-order chi connectivity index (χ0) is 19.7. The maximum absolute atomic E-state index is 13.1. The number of amides is 1. The van der Waals surface area contributed by atoms with Crippen molar-refractivity contribution >= 4 is 34.5 Å². The fourth-order valence-corrected chi connectivity index (χ4v) is 3.63. The van der Waals surface area contributed by atoms with Gasteiger partial charge in [0.15, 0.2) is 11.0 Å². The zero-order valence-electron chi connectivity index (χ0n) is 15.2. The van der Waals surface area contributed by atoms with Crippen molar-refractivity contribution in [1.82, 2.24) is 19.7 Å². The van der Waals surface area contributed by atoms with E-state index >= 15 is 0 Å². The number of benzene rings is 1. The van der Waals surface area contributed by atoms with Crippen molar-refractivity contribution in [2.75, 3.05) is 11.1 Å². The fourth-order valence-electron chi connectivity index (χ4n) is 2.81. The summed E-state index contributed by atoms with van der Waals surface area (Å²) in [6, 6.07) is 12.7. The summed E-state index contributed by atoms with van der Waals surface area (Å²) in [5, 5.41) is 6.84. The van der Waals surface area contributed by atoms with E-state index in [0.29, 0.717) is 33.5 Å². The highest BCUT2D eigenvalue weighted by atomic mass is 32.2. The van der Waals surface area contributed by atoms with Crippen LogP contribution in [-0.4, -0.2) is 31.4 Å². The highest BCUT2D eigenvalue weighted by Gasteiger charge is 2.16. The number of H-pyrrole nitrogens is 1. The molecule has 0 unspecified atom stereocenters. The molecular formula is C19H17N5O3S. The molecule has 142 valence electrons. The van der Waals surface area contributed by atoms with Crippen LogP contribution < -0.4 is 10.9 Å². The number of carbonyl (C=O) groups is 1. The molecule has 0 radical (unpaired) electrons. The summed E-state index contributed by atoms with van der Waals surface area (Å²) in [6.45, 7) is 3.61. The lowest BCUT2D eigenvalue weighted by Gasteiger charge is -2.11. The highest BCUT2D eigenvalue weighted by molar-refractivity contribution is 7.99. The summed E-state index contributed by atoms with van der Waals surface area (Å²) in [7, 11) is 0. The van der Waals surface area contributed by atoms with E-state index in [-0.39, 0.29) is 17.2 Å². The third-order valence-corrected chi connectivity index (χ3v) is 4.94. The van der Waals surface area contributed by atoms with Gasteiger partial charge < -0.3 is 14.8 Å². The predicted molar refractivity (Wildman–Crippen MR) is 107 cm³/mol. The van der Waals surface area contributed by atoms with E-state index in [1.165, 1.54) is 16.3 Å². The Morgan fingerprint density at radius 2 is 2.04 bits per heavy atom. The average Bonchev–Trinajstić information content (AvgIpc) is 3.25. The summed E-state index contributed by atoms with van der Waals surface area (Å²) in [5.41, 5.74) is 2.34. The van der Waals surface area contributed by atoms with Crippen LogP contribution in [0.5, 0.6) is 0 Å². The van der Waals surface area contributed by atoms with Gasteiger partial charge in [0, 0.05) is 11.8 Å². The van der Waals surface area contributed by atoms with Crippen molar-refractivity contribution in [2.45, 2.75) is 19.0 Å². The zero-order valence-corrected chi connectivity index (χ0v) is 16.0. The molecule has 0 atom stereocenters. The van der Waals surface area contributed by atoms with Crippen molar-refractivity contribution in [3.05, 3.63) is 64.3 Å². The number of hydrogen-bond acceptors (Lipinski definition) is 6. The van der Waals surface area contributed by atoms with E-state index in [0.717, 1.165) is 5.69 Å². The molecule has 0 fully saturated rings. The monoisotopic (exact) mass is 395 g/mol. The van der Waals surface area contributed by atoms with Crippen LogP contribution in [0.1, 0.15) is 11.5 Å². The van der Waals surface area contributed by atoms with Crippen molar-refractivity contribution < 1.29 is 9.32 Å². The number of thioether (sulfide) groups is 1. The number of nitrogens with one attached hydrogen (secondary N) is 2. The number of aromatic nitrogens is 4. The first-order valence-corrected chi connectivity index (χ1v) is 9.53. The SMILES string of the molecule is Cc1cc2nc(SCC(=O)Nc3cc(C)on3)n(-c3ccccc3)c(=O)c2[nH]1. The van der Waals surface area contributed by atoms with Gasteiger partial charge in [0.25, 0.3) is 5.56 Å². The van der Waals surface area contributed by atoms with Gasteiger partial charge in [-0.3, -0.25) is 14.2 Å². The third kappa shape index (κ3) is 3.56. The Balaban J connectivity index is 1.67. The lowest BCUT2D eigenvalue weighted by molar-refractivity contribution is -0.113. The number of carbonyl (C=O) groups excluding carboxylic acids is 1. The third-order valence-electron chi connectivity index (χ3n) is 4.00. The minimum absolute atomic E-state index is 0.0695. The summed E-state index contributed by atoms with van der Waals surface area (Å²) >= 11 is 1.18. The lowest BCUT2D eigenvalue weighted by Crippen LogP contribution is -2.23. The normalized spacial score (nSPS) is 11.1. The lowest BCUT2D eigenvalue weighted by atomic mass is 10.3. The standard InChI is InChI=1S/C19H17N5O3S/c1-11-8-14-17(20-11)18(26)24(13-6-4-3-5-7-13)19(21-14)28-10-16(25)22-15-9-12(2)27-23-15/h3-9,20H,10H2,1-2H3,(H,22,23,25). The van der Waals surface area contributed by atoms with Crippen LogP contribution in [0.2, 0.25) is 0 Å². The Hall–Kier alpha value is -3.33. The van der Waals surface area contributed by atoms with E-state index in [9.17, 15) is 9.59 Å². The molecule has 1 amide bonds. The van der Waals surface area contributed by atoms with Gasteiger partial charge in [0.1, 0.15) is 11.3 Å². The molecular weight excluding hydrogens is 378 g/mol. The van der Waals surface area contributed by atoms with Crippen molar-refractivity contribution in [2.24, 2.45) is 0 Å². The first-order valence-electron chi connectivity index (χ1n) is 8.55. The molecule has 2 N–H and O–H groups in total. The Labute approximate surface area is 164 Å². The minimum Gasteiger partial charge on any atom is -0.360 e. The Bertz CT molecular complexity index is 1210. The number of para-hydroxylation sites is 1. The maximum Gasteiger partial charge on any atom is 0.283 e. The quantitative estimate of drug-likeness (QED) is 0.397. The average molecular weight is 395 g/mol. The molecule has 28 heavy (non-hydrogen) atoms. The predicted octanol–water partition coefficient (Wildman–Crippen LogP) is 3.05. The number of anilines is 1. The smallest absolute Gasteiger partial charge is 0.283 e. The van der Waals surface area contributed by atoms with E-state index in [1.807, 2.05) is 43.3 Å². The van der Waals surface area contributed by atoms with Gasteiger partial charge in [-0.05, 0) is 32.0 Å². The van der Waals surface area contributed by atoms with E-state index < -0.39 is 0 Å². The van der Waals surface area contributed by atoms with Gasteiger partial charge in [-0.1, -0.05) is 35.1 Å². The fraction of sp³-hybridized carbons (Fsp3) is 0.158. The van der Waals surface area contributed by atoms with Gasteiger partial charge in [0.05, 0.1) is 17.0 Å². The van der Waals surface area contributed by atoms with E-state index in [1.54, 1.807) is 13.0 Å². The summed E-state index contributed by atoms with van der Waals surface area (Å²) in [5.74, 6) is 0.765. The highest BCUT2D eigenvalue weighted by Crippen LogP contribution is 2.22. The number of rotatable bonds is 5. The van der Waals surface area contributed by atoms with Crippen LogP contribution in [0.4, 0.5) is 5.82 Å². The number of hydrogen-bond donors (Lipinski definition) is 2. The van der Waals surface area contributed by atoms with Crippen molar-refractivity contribution in [1.29, 1.82) is 0 Å². The number of aryl methyl sites for hydroxylation is 2. The minimum atomic E-state index is -0.266. The molecule has 0 aliphatic heterocycles. The van der Waals surface area contributed by atoms with Crippen LogP contribution in [-0.2, 0) is 4.79 Å². The van der Waals surface area contributed by atoms with Crippen LogP contribution in [0.15, 0.2) is 56.9 Å². The largest absolute Gasteiger partial charge is 0.360 e. The van der Waals surface area contributed by atoms with Crippen molar-refractivity contribution in [3.8, 4) is 5.69 Å². The van der Waals surface area contributed by atoms with Gasteiger partial charge in [-0.2, -0.15) is 0 Å². The molecule has 8 nitrogen and oxygen atoms in total. The maximum atomic E-state index is 13.1. The van der Waals surface area contributed by atoms with Crippen molar-refractivity contribution in [3.63, 3.8) is 0 Å². The molecule has 0 aliphatic rings. The molecule has 3 aromatic heterocycles. The summed E-state index contributed by atoms with van der Waals surface area (Å²) in [6.07, 6.45) is 0. The summed E-state index contributed by atoms with van der Waals surface area (Å²) < 4.78 is 6.45. The van der Waals surface area contributed by atoms with Crippen LogP contribution >= 0.6 is 11.8 Å². The van der Waals surface area contributed by atoms with Gasteiger partial charge in [-0.25, -0.2) is 4.98 Å². The molecule has 0 aliphatic carbocycles. The first kappa shape index (κ1) is 18.1.